The number of carbonyl (C=O) groups is 1. The summed E-state index contributed by atoms with van der Waals surface area (Å²) in [4.78, 5) is 12.9. The van der Waals surface area contributed by atoms with E-state index in [4.69, 9.17) is 4.74 Å². The molecule has 142 valence electrons. The molecule has 1 N–H and O–H groups in total. The standard InChI is InChI=1S/C25H25NO2/c1-24(23(27)18-11-19-28-24)26-25(20-12-5-2-6-13-20,21-14-7-3-8-15-21)22-16-9-4-10-17-22/h2-10,12-17,26H,11,18-19H2,1H3. The molecule has 3 aromatic carbocycles. The van der Waals surface area contributed by atoms with Crippen LogP contribution in [0.5, 0.6) is 0 Å². The predicted molar refractivity (Wildman–Crippen MR) is 111 cm³/mol. The van der Waals surface area contributed by atoms with Crippen molar-refractivity contribution in [2.45, 2.75) is 31.0 Å². The molecule has 1 atom stereocenters. The van der Waals surface area contributed by atoms with Gasteiger partial charge in [-0.15, -0.1) is 0 Å². The van der Waals surface area contributed by atoms with E-state index in [1.54, 1.807) is 0 Å². The Morgan fingerprint density at radius 2 is 1.21 bits per heavy atom. The van der Waals surface area contributed by atoms with Crippen molar-refractivity contribution in [1.29, 1.82) is 0 Å². The van der Waals surface area contributed by atoms with Crippen LogP contribution in [0, 0.1) is 0 Å². The van der Waals surface area contributed by atoms with Crippen LogP contribution in [0.25, 0.3) is 0 Å². The van der Waals surface area contributed by atoms with Crippen LogP contribution >= 0.6 is 0 Å². The average molecular weight is 371 g/mol. The summed E-state index contributed by atoms with van der Waals surface area (Å²) in [6, 6.07) is 30.8. The van der Waals surface area contributed by atoms with Crippen LogP contribution in [-0.2, 0) is 15.1 Å². The van der Waals surface area contributed by atoms with Gasteiger partial charge >= 0.3 is 0 Å². The molecule has 1 aliphatic rings. The molecule has 1 fully saturated rings. The third kappa shape index (κ3) is 3.28. The largest absolute Gasteiger partial charge is 0.353 e. The molecule has 3 aromatic rings. The lowest BCUT2D eigenvalue weighted by Crippen LogP contribution is -2.62. The van der Waals surface area contributed by atoms with Gasteiger partial charge in [0.15, 0.2) is 11.5 Å². The van der Waals surface area contributed by atoms with Crippen LogP contribution in [0.1, 0.15) is 36.5 Å². The first-order chi connectivity index (χ1) is 13.7. The van der Waals surface area contributed by atoms with Crippen molar-refractivity contribution in [3.63, 3.8) is 0 Å². The number of rotatable bonds is 5. The van der Waals surface area contributed by atoms with Crippen molar-refractivity contribution in [2.75, 3.05) is 6.61 Å². The van der Waals surface area contributed by atoms with Crippen molar-refractivity contribution in [2.24, 2.45) is 0 Å². The Bertz CT molecular complexity index is 828. The second kappa shape index (κ2) is 7.70. The van der Waals surface area contributed by atoms with Crippen LogP contribution in [-0.4, -0.2) is 18.1 Å². The van der Waals surface area contributed by atoms with Gasteiger partial charge < -0.3 is 4.74 Å². The van der Waals surface area contributed by atoms with Gasteiger partial charge in [-0.05, 0) is 30.0 Å². The van der Waals surface area contributed by atoms with Crippen LogP contribution in [0.3, 0.4) is 0 Å². The summed E-state index contributed by atoms with van der Waals surface area (Å²) < 4.78 is 6.04. The highest BCUT2D eigenvalue weighted by atomic mass is 16.5. The quantitative estimate of drug-likeness (QED) is 0.663. The van der Waals surface area contributed by atoms with Gasteiger partial charge in [-0.2, -0.15) is 0 Å². The lowest BCUT2D eigenvalue weighted by Gasteiger charge is -2.45. The average Bonchev–Trinajstić information content (AvgIpc) is 2.76. The molecule has 0 aromatic heterocycles. The molecule has 0 bridgehead atoms. The molecule has 1 aliphatic heterocycles. The normalized spacial score (nSPS) is 20.1. The number of ketones is 1. The minimum Gasteiger partial charge on any atom is -0.353 e. The number of benzene rings is 3. The first-order valence-electron chi connectivity index (χ1n) is 9.78. The minimum absolute atomic E-state index is 0.0888. The highest BCUT2D eigenvalue weighted by Gasteiger charge is 2.46. The molecule has 3 nitrogen and oxygen atoms in total. The number of Topliss-reactive ketones (excluding diaryl/α,β-unsaturated/α-hetero) is 1. The van der Waals surface area contributed by atoms with Crippen molar-refractivity contribution in [3.05, 3.63) is 108 Å². The monoisotopic (exact) mass is 371 g/mol. The van der Waals surface area contributed by atoms with Gasteiger partial charge in [-0.1, -0.05) is 91.0 Å². The van der Waals surface area contributed by atoms with E-state index in [0.717, 1.165) is 23.1 Å². The van der Waals surface area contributed by atoms with Gasteiger partial charge in [0, 0.05) is 13.0 Å². The van der Waals surface area contributed by atoms with Gasteiger partial charge in [0.2, 0.25) is 0 Å². The summed E-state index contributed by atoms with van der Waals surface area (Å²) in [6.07, 6.45) is 1.29. The van der Waals surface area contributed by atoms with E-state index < -0.39 is 11.3 Å². The van der Waals surface area contributed by atoms with E-state index in [1.165, 1.54) is 0 Å². The second-order valence-electron chi connectivity index (χ2n) is 7.38. The number of carbonyl (C=O) groups excluding carboxylic acids is 1. The summed E-state index contributed by atoms with van der Waals surface area (Å²) in [5.74, 6) is 0.0888. The Balaban J connectivity index is 1.97. The van der Waals surface area contributed by atoms with Crippen LogP contribution in [0.15, 0.2) is 91.0 Å². The molecule has 1 unspecified atom stereocenters. The lowest BCUT2D eigenvalue weighted by atomic mass is 9.75. The van der Waals surface area contributed by atoms with E-state index in [9.17, 15) is 4.79 Å². The summed E-state index contributed by atoms with van der Waals surface area (Å²) in [5.41, 5.74) is 1.42. The number of ether oxygens (including phenoxy) is 1. The zero-order valence-electron chi connectivity index (χ0n) is 16.1. The maximum absolute atomic E-state index is 12.9. The summed E-state index contributed by atoms with van der Waals surface area (Å²) in [7, 11) is 0. The predicted octanol–water partition coefficient (Wildman–Crippen LogP) is 4.66. The molecular weight excluding hydrogens is 346 g/mol. The molecule has 28 heavy (non-hydrogen) atoms. The van der Waals surface area contributed by atoms with Crippen LogP contribution in [0.2, 0.25) is 0 Å². The van der Waals surface area contributed by atoms with Crippen molar-refractivity contribution in [3.8, 4) is 0 Å². The third-order valence-electron chi connectivity index (χ3n) is 5.52. The zero-order chi connectivity index (χ0) is 19.5. The van der Waals surface area contributed by atoms with Gasteiger partial charge in [0.25, 0.3) is 0 Å². The van der Waals surface area contributed by atoms with Gasteiger partial charge in [-0.3, -0.25) is 10.1 Å². The molecule has 0 amide bonds. The van der Waals surface area contributed by atoms with Gasteiger partial charge in [-0.25, -0.2) is 0 Å². The zero-order valence-corrected chi connectivity index (χ0v) is 16.1. The molecule has 4 rings (SSSR count). The van der Waals surface area contributed by atoms with E-state index in [-0.39, 0.29) is 5.78 Å². The smallest absolute Gasteiger partial charge is 0.179 e. The topological polar surface area (TPSA) is 38.3 Å². The summed E-state index contributed by atoms with van der Waals surface area (Å²) >= 11 is 0. The number of nitrogens with one attached hydrogen (secondary N) is 1. The van der Waals surface area contributed by atoms with Crippen molar-refractivity contribution >= 4 is 5.78 Å². The van der Waals surface area contributed by atoms with E-state index in [1.807, 2.05) is 61.5 Å². The highest BCUT2D eigenvalue weighted by molar-refractivity contribution is 5.87. The Morgan fingerprint density at radius 1 is 0.786 bits per heavy atom. The number of hydrogen-bond acceptors (Lipinski definition) is 3. The molecule has 3 heteroatoms. The molecular formula is C25H25NO2. The lowest BCUT2D eigenvalue weighted by molar-refractivity contribution is -0.157. The molecule has 0 saturated carbocycles. The van der Waals surface area contributed by atoms with Crippen LogP contribution < -0.4 is 5.32 Å². The maximum Gasteiger partial charge on any atom is 0.179 e. The fraction of sp³-hybridized carbons (Fsp3) is 0.240. The molecule has 1 saturated heterocycles. The van der Waals surface area contributed by atoms with Crippen molar-refractivity contribution in [1.82, 2.24) is 5.32 Å². The molecule has 0 spiro atoms. The number of hydrogen-bond donors (Lipinski definition) is 1. The van der Waals surface area contributed by atoms with E-state index >= 15 is 0 Å². The first-order valence-corrected chi connectivity index (χ1v) is 9.78. The Kier molecular flexibility index (Phi) is 5.12. The van der Waals surface area contributed by atoms with E-state index in [0.29, 0.717) is 13.0 Å². The Labute approximate surface area is 166 Å². The Morgan fingerprint density at radius 3 is 1.61 bits per heavy atom. The summed E-state index contributed by atoms with van der Waals surface area (Å²) in [5, 5.41) is 3.67. The SMILES string of the molecule is CC1(NC(c2ccccc2)(c2ccccc2)c2ccccc2)OCCCC1=O. The second-order valence-corrected chi connectivity index (χ2v) is 7.38. The fourth-order valence-electron chi connectivity index (χ4n) is 4.07. The Hall–Kier alpha value is -2.75. The maximum atomic E-state index is 12.9. The molecule has 0 aliphatic carbocycles. The minimum atomic E-state index is -1.06. The molecule has 0 radical (unpaired) electrons. The third-order valence-corrected chi connectivity index (χ3v) is 5.52. The van der Waals surface area contributed by atoms with Crippen LogP contribution in [0.4, 0.5) is 0 Å². The van der Waals surface area contributed by atoms with E-state index in [2.05, 4.69) is 41.7 Å². The highest BCUT2D eigenvalue weighted by Crippen LogP contribution is 2.39. The molecule has 1 heterocycles. The van der Waals surface area contributed by atoms with Crippen molar-refractivity contribution < 1.29 is 9.53 Å². The van der Waals surface area contributed by atoms with Gasteiger partial charge in [0.1, 0.15) is 0 Å². The fourth-order valence-corrected chi connectivity index (χ4v) is 4.07. The van der Waals surface area contributed by atoms with Gasteiger partial charge in [0.05, 0.1) is 5.54 Å². The first kappa shape index (κ1) is 18.6. The summed E-state index contributed by atoms with van der Waals surface area (Å²) in [6.45, 7) is 2.43.